The van der Waals surface area contributed by atoms with Gasteiger partial charge in [-0.3, -0.25) is 0 Å². The van der Waals surface area contributed by atoms with Crippen LogP contribution < -0.4 is 5.32 Å². The van der Waals surface area contributed by atoms with Gasteiger partial charge in [-0.05, 0) is 68.4 Å². The topological polar surface area (TPSA) is 55.6 Å². The number of benzene rings is 2. The van der Waals surface area contributed by atoms with Crippen LogP contribution >= 0.6 is 34.2 Å². The van der Waals surface area contributed by atoms with Crippen LogP contribution in [-0.2, 0) is 0 Å². The maximum absolute atomic E-state index is 6.37. The molecule has 1 aliphatic heterocycles. The average Bonchev–Trinajstić information content (AvgIpc) is 3.04. The minimum absolute atomic E-state index is 0.149. The van der Waals surface area contributed by atoms with Crippen molar-refractivity contribution in [3.63, 3.8) is 0 Å². The van der Waals surface area contributed by atoms with E-state index in [1.54, 1.807) is 4.68 Å². The molecule has 1 aromatic heterocycles. The second-order valence-corrected chi connectivity index (χ2v) is 6.78. The van der Waals surface area contributed by atoms with Crippen LogP contribution in [0.15, 0.2) is 54.6 Å². The first kappa shape index (κ1) is 14.6. The summed E-state index contributed by atoms with van der Waals surface area (Å²) in [4.78, 5) is 0. The van der Waals surface area contributed by atoms with Crippen LogP contribution in [-0.4, -0.2) is 20.2 Å². The zero-order valence-corrected chi connectivity index (χ0v) is 14.7. The van der Waals surface area contributed by atoms with Crippen molar-refractivity contribution in [2.75, 3.05) is 5.32 Å². The summed E-state index contributed by atoms with van der Waals surface area (Å²) in [7, 11) is 0. The van der Waals surface area contributed by atoms with E-state index in [0.717, 1.165) is 16.8 Å². The molecule has 2 aromatic carbocycles. The van der Waals surface area contributed by atoms with Gasteiger partial charge in [-0.2, -0.15) is 4.68 Å². The SMILES string of the molecule is Clc1ccccc1[C@@H]1C=C(c2ccc(I)cc2)Nc2nnnn21. The molecule has 0 saturated carbocycles. The number of hydrogen-bond acceptors (Lipinski definition) is 4. The van der Waals surface area contributed by atoms with Crippen LogP contribution in [0.1, 0.15) is 17.2 Å². The number of allylic oxidation sites excluding steroid dienone is 1. The number of rotatable bonds is 2. The van der Waals surface area contributed by atoms with Crippen LogP contribution in [0.3, 0.4) is 0 Å². The Labute approximate surface area is 151 Å². The number of halogens is 2. The van der Waals surface area contributed by atoms with E-state index < -0.39 is 0 Å². The highest BCUT2D eigenvalue weighted by molar-refractivity contribution is 14.1. The highest BCUT2D eigenvalue weighted by atomic mass is 127. The Morgan fingerprint density at radius 1 is 1.09 bits per heavy atom. The predicted octanol–water partition coefficient (Wildman–Crippen LogP) is 3.99. The summed E-state index contributed by atoms with van der Waals surface area (Å²) in [5.74, 6) is 0.603. The van der Waals surface area contributed by atoms with Crippen molar-refractivity contribution >= 4 is 45.8 Å². The Hall–Kier alpha value is -1.93. The third-order valence-electron chi connectivity index (χ3n) is 3.71. The van der Waals surface area contributed by atoms with E-state index in [4.69, 9.17) is 11.6 Å². The highest BCUT2D eigenvalue weighted by Crippen LogP contribution is 2.34. The molecule has 3 aromatic rings. The minimum atomic E-state index is -0.149. The van der Waals surface area contributed by atoms with Gasteiger partial charge in [0.05, 0.1) is 0 Å². The van der Waals surface area contributed by atoms with E-state index in [1.165, 1.54) is 3.57 Å². The second kappa shape index (κ2) is 5.93. The number of tetrazole rings is 1. The largest absolute Gasteiger partial charge is 0.323 e. The Balaban J connectivity index is 1.83. The first-order chi connectivity index (χ1) is 11.2. The van der Waals surface area contributed by atoms with Gasteiger partial charge in [0, 0.05) is 14.3 Å². The Morgan fingerprint density at radius 2 is 1.87 bits per heavy atom. The van der Waals surface area contributed by atoms with Crippen molar-refractivity contribution in [3.05, 3.63) is 74.3 Å². The number of fused-ring (bicyclic) bond motifs is 1. The van der Waals surface area contributed by atoms with Crippen LogP contribution in [0.2, 0.25) is 5.02 Å². The summed E-state index contributed by atoms with van der Waals surface area (Å²) in [5, 5.41) is 15.9. The summed E-state index contributed by atoms with van der Waals surface area (Å²) < 4.78 is 2.92. The van der Waals surface area contributed by atoms with Gasteiger partial charge in [-0.25, -0.2) is 0 Å². The maximum atomic E-state index is 6.37. The molecule has 1 N–H and O–H groups in total. The van der Waals surface area contributed by atoms with Crippen molar-refractivity contribution in [1.82, 2.24) is 20.2 Å². The van der Waals surface area contributed by atoms with Crippen molar-refractivity contribution in [1.29, 1.82) is 0 Å². The van der Waals surface area contributed by atoms with Gasteiger partial charge in [0.25, 0.3) is 0 Å². The number of hydrogen-bond donors (Lipinski definition) is 1. The predicted molar refractivity (Wildman–Crippen MR) is 98.2 cm³/mol. The zero-order chi connectivity index (χ0) is 15.8. The standard InChI is InChI=1S/C16H11ClIN5/c17-13-4-2-1-3-12(13)15-9-14(10-5-7-11(18)8-6-10)19-16-20-21-22-23(15)16/h1-9,15H,(H,19,20,22)/t15-/m0/s1. The molecule has 1 aliphatic rings. The molecule has 0 fully saturated rings. The van der Waals surface area contributed by atoms with Gasteiger partial charge in [-0.15, -0.1) is 0 Å². The fourth-order valence-corrected chi connectivity index (χ4v) is 3.20. The quantitative estimate of drug-likeness (QED) is 0.619. The maximum Gasteiger partial charge on any atom is 0.248 e. The molecule has 0 unspecified atom stereocenters. The van der Waals surface area contributed by atoms with Crippen molar-refractivity contribution < 1.29 is 0 Å². The van der Waals surface area contributed by atoms with E-state index in [2.05, 4.69) is 73.8 Å². The molecule has 0 aliphatic carbocycles. The summed E-state index contributed by atoms with van der Waals surface area (Å²) in [6, 6.07) is 15.9. The molecular formula is C16H11ClIN5. The third kappa shape index (κ3) is 2.72. The van der Waals surface area contributed by atoms with Gasteiger partial charge in [0.1, 0.15) is 6.04 Å². The summed E-state index contributed by atoms with van der Waals surface area (Å²) in [6.45, 7) is 0. The lowest BCUT2D eigenvalue weighted by Crippen LogP contribution is -2.20. The summed E-state index contributed by atoms with van der Waals surface area (Å²) >= 11 is 8.66. The van der Waals surface area contributed by atoms with E-state index in [-0.39, 0.29) is 6.04 Å². The first-order valence-corrected chi connectivity index (χ1v) is 8.45. The molecule has 0 radical (unpaired) electrons. The van der Waals surface area contributed by atoms with Crippen molar-refractivity contribution in [2.45, 2.75) is 6.04 Å². The van der Waals surface area contributed by atoms with Crippen LogP contribution in [0.25, 0.3) is 5.70 Å². The highest BCUT2D eigenvalue weighted by Gasteiger charge is 2.25. The second-order valence-electron chi connectivity index (χ2n) is 5.13. The van der Waals surface area contributed by atoms with Gasteiger partial charge < -0.3 is 5.32 Å². The molecule has 0 bridgehead atoms. The number of nitrogens with one attached hydrogen (secondary N) is 1. The average molecular weight is 436 g/mol. The van der Waals surface area contributed by atoms with Crippen LogP contribution in [0.5, 0.6) is 0 Å². The lowest BCUT2D eigenvalue weighted by molar-refractivity contribution is 0.586. The normalized spacial score (nSPS) is 16.4. The van der Waals surface area contributed by atoms with Crippen molar-refractivity contribution in [2.24, 2.45) is 0 Å². The van der Waals surface area contributed by atoms with Gasteiger partial charge in [0.2, 0.25) is 5.95 Å². The molecule has 5 nitrogen and oxygen atoms in total. The molecular weight excluding hydrogens is 425 g/mol. The first-order valence-electron chi connectivity index (χ1n) is 6.99. The fraction of sp³-hybridized carbons (Fsp3) is 0.0625. The number of nitrogens with zero attached hydrogens (tertiary/aromatic N) is 4. The van der Waals surface area contributed by atoms with Gasteiger partial charge >= 0.3 is 0 Å². The zero-order valence-electron chi connectivity index (χ0n) is 11.8. The molecule has 2 heterocycles. The lowest BCUT2D eigenvalue weighted by atomic mass is 10.0. The molecule has 0 spiro atoms. The van der Waals surface area contributed by atoms with Crippen molar-refractivity contribution in [3.8, 4) is 0 Å². The van der Waals surface area contributed by atoms with Crippen LogP contribution in [0.4, 0.5) is 5.95 Å². The Bertz CT molecular complexity index is 887. The molecule has 0 amide bonds. The third-order valence-corrected chi connectivity index (χ3v) is 4.77. The fourth-order valence-electron chi connectivity index (χ4n) is 2.59. The molecule has 7 heteroatoms. The summed E-state index contributed by atoms with van der Waals surface area (Å²) in [5.41, 5.74) is 3.01. The van der Waals surface area contributed by atoms with E-state index in [9.17, 15) is 0 Å². The Kier molecular flexibility index (Phi) is 3.78. The minimum Gasteiger partial charge on any atom is -0.323 e. The van der Waals surface area contributed by atoms with E-state index in [1.807, 2.05) is 24.3 Å². The Morgan fingerprint density at radius 3 is 2.65 bits per heavy atom. The van der Waals surface area contributed by atoms with Gasteiger partial charge in [0.15, 0.2) is 0 Å². The van der Waals surface area contributed by atoms with Crippen LogP contribution in [0, 0.1) is 3.57 Å². The summed E-state index contributed by atoms with van der Waals surface area (Å²) in [6.07, 6.45) is 2.09. The molecule has 0 saturated heterocycles. The van der Waals surface area contributed by atoms with E-state index >= 15 is 0 Å². The molecule has 114 valence electrons. The molecule has 23 heavy (non-hydrogen) atoms. The van der Waals surface area contributed by atoms with Gasteiger partial charge in [-0.1, -0.05) is 47.0 Å². The van der Waals surface area contributed by atoms with E-state index in [0.29, 0.717) is 11.0 Å². The number of aromatic nitrogens is 4. The number of anilines is 1. The smallest absolute Gasteiger partial charge is 0.248 e. The lowest BCUT2D eigenvalue weighted by Gasteiger charge is -2.24. The molecule has 4 rings (SSSR count). The molecule has 1 atom stereocenters. The monoisotopic (exact) mass is 435 g/mol.